The lowest BCUT2D eigenvalue weighted by molar-refractivity contribution is -0.101. The number of aliphatic hydroxyl groups excluding tert-OH is 3. The smallest absolute Gasteiger partial charge is 0.114 e. The molecule has 1 rings (SSSR count). The molecule has 1 aliphatic heterocycles. The van der Waals surface area contributed by atoms with Gasteiger partial charge in [-0.15, -0.1) is 0 Å². The Balaban J connectivity index is 1.84. The van der Waals surface area contributed by atoms with Crippen molar-refractivity contribution in [3.63, 3.8) is 0 Å². The Morgan fingerprint density at radius 3 is 1.93 bits per heavy atom. The summed E-state index contributed by atoms with van der Waals surface area (Å²) in [5.41, 5.74) is 0. The second kappa shape index (κ2) is 18.3. The van der Waals surface area contributed by atoms with Gasteiger partial charge in [-0.3, -0.25) is 0 Å². The molecule has 172 valence electrons. The predicted octanol–water partition coefficient (Wildman–Crippen LogP) is 4.52. The zero-order valence-corrected chi connectivity index (χ0v) is 18.6. The molecule has 0 aromatic rings. The number of allylic oxidation sites excluding steroid dienone is 2. The van der Waals surface area contributed by atoms with Crippen molar-refractivity contribution in [3.8, 4) is 0 Å². The van der Waals surface area contributed by atoms with Crippen LogP contribution in [0.25, 0.3) is 0 Å². The molecule has 5 nitrogen and oxygen atoms in total. The predicted molar refractivity (Wildman–Crippen MR) is 118 cm³/mol. The molecule has 1 fully saturated rings. The maximum atomic E-state index is 9.83. The molecule has 0 radical (unpaired) electrons. The summed E-state index contributed by atoms with van der Waals surface area (Å²) in [6.07, 6.45) is 19.4. The summed E-state index contributed by atoms with van der Waals surface area (Å²) in [5.74, 6) is 0. The van der Waals surface area contributed by atoms with E-state index in [2.05, 4.69) is 19.1 Å². The van der Waals surface area contributed by atoms with Gasteiger partial charge in [0.25, 0.3) is 0 Å². The number of hydrogen-bond acceptors (Lipinski definition) is 5. The Labute approximate surface area is 178 Å². The topological polar surface area (TPSA) is 79.2 Å². The molecular formula is C24H46O5. The van der Waals surface area contributed by atoms with Crippen LogP contribution in [0.5, 0.6) is 0 Å². The molecule has 1 heterocycles. The highest BCUT2D eigenvalue weighted by molar-refractivity contribution is 4.88. The first-order valence-electron chi connectivity index (χ1n) is 12.1. The summed E-state index contributed by atoms with van der Waals surface area (Å²) in [6.45, 7) is 2.70. The first kappa shape index (κ1) is 26.6. The molecule has 3 N–H and O–H groups in total. The van der Waals surface area contributed by atoms with E-state index in [1.807, 2.05) is 0 Å². The van der Waals surface area contributed by atoms with Gasteiger partial charge in [0.15, 0.2) is 0 Å². The third-order valence-corrected chi connectivity index (χ3v) is 5.72. The van der Waals surface area contributed by atoms with Crippen LogP contribution in [0, 0.1) is 0 Å². The van der Waals surface area contributed by atoms with Crippen molar-refractivity contribution in [2.24, 2.45) is 0 Å². The Hall–Kier alpha value is -0.460. The molecule has 0 aromatic carbocycles. The molecule has 0 spiro atoms. The van der Waals surface area contributed by atoms with Crippen LogP contribution in [0.3, 0.4) is 0 Å². The van der Waals surface area contributed by atoms with Gasteiger partial charge in [-0.05, 0) is 32.1 Å². The molecule has 29 heavy (non-hydrogen) atoms. The van der Waals surface area contributed by atoms with Crippen molar-refractivity contribution in [3.05, 3.63) is 12.2 Å². The summed E-state index contributed by atoms with van der Waals surface area (Å²) in [6, 6.07) is 0. The van der Waals surface area contributed by atoms with E-state index in [4.69, 9.17) is 9.47 Å². The van der Waals surface area contributed by atoms with Crippen LogP contribution in [0.15, 0.2) is 12.2 Å². The van der Waals surface area contributed by atoms with Crippen molar-refractivity contribution < 1.29 is 24.8 Å². The van der Waals surface area contributed by atoms with Crippen molar-refractivity contribution >= 4 is 0 Å². The first-order chi connectivity index (χ1) is 14.2. The quantitative estimate of drug-likeness (QED) is 0.214. The highest BCUT2D eigenvalue weighted by Gasteiger charge is 2.40. The number of hydrogen-bond donors (Lipinski definition) is 3. The van der Waals surface area contributed by atoms with Crippen LogP contribution < -0.4 is 0 Å². The molecule has 0 amide bonds. The zero-order chi connectivity index (χ0) is 21.2. The molecule has 4 atom stereocenters. The minimum absolute atomic E-state index is 0.0982. The average molecular weight is 415 g/mol. The lowest BCUT2D eigenvalue weighted by atomic mass is 10.1. The van der Waals surface area contributed by atoms with E-state index in [9.17, 15) is 15.3 Å². The lowest BCUT2D eigenvalue weighted by Crippen LogP contribution is -2.42. The van der Waals surface area contributed by atoms with Crippen molar-refractivity contribution in [1.82, 2.24) is 0 Å². The molecule has 5 heteroatoms. The molecule has 1 aliphatic rings. The summed E-state index contributed by atoms with van der Waals surface area (Å²) < 4.78 is 11.0. The van der Waals surface area contributed by atoms with E-state index < -0.39 is 24.4 Å². The third kappa shape index (κ3) is 12.7. The van der Waals surface area contributed by atoms with Gasteiger partial charge in [-0.2, -0.15) is 0 Å². The average Bonchev–Trinajstić information content (AvgIpc) is 3.06. The molecule has 0 aliphatic carbocycles. The summed E-state index contributed by atoms with van der Waals surface area (Å²) in [4.78, 5) is 0. The standard InChI is InChI=1S/C24H46O5/c1-2-3-4-5-6-7-8-9-10-11-12-13-14-15-16-17-18-28-22(19-25)24-23(27)21(26)20-29-24/h7-8,21-27H,2-6,9-20H2,1H3/b8-7+/t21-,22+,23+,24+/m0/s1. The van der Waals surface area contributed by atoms with Gasteiger partial charge < -0.3 is 24.8 Å². The Bertz CT molecular complexity index is 387. The summed E-state index contributed by atoms with van der Waals surface area (Å²) in [5, 5.41) is 28.8. The van der Waals surface area contributed by atoms with Gasteiger partial charge in [0.05, 0.1) is 13.2 Å². The Morgan fingerprint density at radius 1 is 0.862 bits per heavy atom. The summed E-state index contributed by atoms with van der Waals surface area (Å²) in [7, 11) is 0. The van der Waals surface area contributed by atoms with Crippen LogP contribution in [0.2, 0.25) is 0 Å². The molecule has 0 unspecified atom stereocenters. The van der Waals surface area contributed by atoms with E-state index in [-0.39, 0.29) is 13.2 Å². The van der Waals surface area contributed by atoms with Gasteiger partial charge >= 0.3 is 0 Å². The molecular weight excluding hydrogens is 368 g/mol. The van der Waals surface area contributed by atoms with Crippen LogP contribution in [-0.2, 0) is 9.47 Å². The lowest BCUT2D eigenvalue weighted by Gasteiger charge is -2.24. The third-order valence-electron chi connectivity index (χ3n) is 5.72. The van der Waals surface area contributed by atoms with E-state index in [0.717, 1.165) is 12.8 Å². The monoisotopic (exact) mass is 414 g/mol. The van der Waals surface area contributed by atoms with E-state index in [0.29, 0.717) is 6.61 Å². The van der Waals surface area contributed by atoms with E-state index in [1.165, 1.54) is 77.0 Å². The van der Waals surface area contributed by atoms with Gasteiger partial charge in [-0.25, -0.2) is 0 Å². The van der Waals surface area contributed by atoms with Crippen molar-refractivity contribution in [2.75, 3.05) is 19.8 Å². The van der Waals surface area contributed by atoms with Gasteiger partial charge in [0.2, 0.25) is 0 Å². The van der Waals surface area contributed by atoms with Gasteiger partial charge in [0, 0.05) is 6.61 Å². The highest BCUT2D eigenvalue weighted by Crippen LogP contribution is 2.20. The number of unbranched alkanes of at least 4 members (excludes halogenated alkanes) is 12. The fraction of sp³-hybridized carbons (Fsp3) is 0.917. The van der Waals surface area contributed by atoms with Gasteiger partial charge in [-0.1, -0.05) is 76.9 Å². The number of rotatable bonds is 19. The van der Waals surface area contributed by atoms with Crippen molar-refractivity contribution in [2.45, 2.75) is 121 Å². The maximum absolute atomic E-state index is 9.83. The number of ether oxygens (including phenoxy) is 2. The fourth-order valence-corrected chi connectivity index (χ4v) is 3.79. The second-order valence-electron chi connectivity index (χ2n) is 8.39. The van der Waals surface area contributed by atoms with E-state index >= 15 is 0 Å². The SMILES string of the molecule is CCCCCC/C=C/CCCCCCCCCCO[C@H](CO)[C@H]1OC[C@H](O)[C@H]1O. The minimum atomic E-state index is -0.978. The largest absolute Gasteiger partial charge is 0.394 e. The highest BCUT2D eigenvalue weighted by atomic mass is 16.6. The molecule has 0 saturated carbocycles. The minimum Gasteiger partial charge on any atom is -0.394 e. The Morgan fingerprint density at radius 2 is 1.41 bits per heavy atom. The van der Waals surface area contributed by atoms with Crippen LogP contribution in [0.4, 0.5) is 0 Å². The van der Waals surface area contributed by atoms with Crippen LogP contribution >= 0.6 is 0 Å². The van der Waals surface area contributed by atoms with E-state index in [1.54, 1.807) is 0 Å². The normalized spacial score (nSPS) is 23.2. The molecule has 1 saturated heterocycles. The van der Waals surface area contributed by atoms with Crippen LogP contribution in [-0.4, -0.2) is 59.6 Å². The van der Waals surface area contributed by atoms with Gasteiger partial charge in [0.1, 0.15) is 24.4 Å². The molecule has 0 bridgehead atoms. The fourth-order valence-electron chi connectivity index (χ4n) is 3.79. The van der Waals surface area contributed by atoms with Crippen molar-refractivity contribution in [1.29, 1.82) is 0 Å². The first-order valence-corrected chi connectivity index (χ1v) is 12.1. The zero-order valence-electron chi connectivity index (χ0n) is 18.6. The summed E-state index contributed by atoms with van der Waals surface area (Å²) >= 11 is 0. The van der Waals surface area contributed by atoms with Crippen LogP contribution in [0.1, 0.15) is 96.8 Å². The maximum Gasteiger partial charge on any atom is 0.114 e. The molecule has 0 aromatic heterocycles. The second-order valence-corrected chi connectivity index (χ2v) is 8.39. The Kier molecular flexibility index (Phi) is 16.8. The number of aliphatic hydroxyl groups is 3.